The quantitative estimate of drug-likeness (QED) is 0.710. The van der Waals surface area contributed by atoms with Gasteiger partial charge in [-0.25, -0.2) is 4.79 Å². The Balaban J connectivity index is 1.45. The Labute approximate surface area is 146 Å². The van der Waals surface area contributed by atoms with E-state index in [0.29, 0.717) is 13.1 Å². The highest BCUT2D eigenvalue weighted by Gasteiger charge is 2.32. The molecule has 0 bridgehead atoms. The molecule has 0 N–H and O–H groups in total. The first-order chi connectivity index (χ1) is 12.3. The number of amides is 1. The highest BCUT2D eigenvalue weighted by Crippen LogP contribution is 2.27. The number of carbonyl (C=O) groups excluding carboxylic acids is 1. The SMILES string of the molecule is O=C1OC(c2ccccc2)CN1Cc1ccc(-c2ccncc2)cc1. The third kappa shape index (κ3) is 3.38. The molecule has 0 saturated carbocycles. The van der Waals surface area contributed by atoms with Crippen LogP contribution in [0.3, 0.4) is 0 Å². The van der Waals surface area contributed by atoms with Gasteiger partial charge in [0.15, 0.2) is 0 Å². The van der Waals surface area contributed by atoms with Crippen molar-refractivity contribution in [1.29, 1.82) is 0 Å². The molecule has 4 heteroatoms. The average molecular weight is 330 g/mol. The number of rotatable bonds is 4. The number of aromatic nitrogens is 1. The molecule has 0 radical (unpaired) electrons. The van der Waals surface area contributed by atoms with Gasteiger partial charge in [0.2, 0.25) is 0 Å². The van der Waals surface area contributed by atoms with Crippen molar-refractivity contribution in [2.45, 2.75) is 12.6 Å². The fourth-order valence-electron chi connectivity index (χ4n) is 3.05. The van der Waals surface area contributed by atoms with Crippen LogP contribution in [-0.4, -0.2) is 22.5 Å². The second kappa shape index (κ2) is 6.77. The highest BCUT2D eigenvalue weighted by atomic mass is 16.6. The average Bonchev–Trinajstić information content (AvgIpc) is 3.04. The minimum absolute atomic E-state index is 0.190. The van der Waals surface area contributed by atoms with Gasteiger partial charge in [-0.05, 0) is 34.4 Å². The normalized spacial score (nSPS) is 16.7. The summed E-state index contributed by atoms with van der Waals surface area (Å²) in [6, 6.07) is 22.1. The molecule has 1 amide bonds. The zero-order valence-corrected chi connectivity index (χ0v) is 13.7. The second-order valence-electron chi connectivity index (χ2n) is 6.10. The minimum atomic E-state index is -0.257. The number of hydrogen-bond acceptors (Lipinski definition) is 3. The van der Waals surface area contributed by atoms with Crippen LogP contribution in [0.4, 0.5) is 4.79 Å². The summed E-state index contributed by atoms with van der Waals surface area (Å²) in [5.74, 6) is 0. The van der Waals surface area contributed by atoms with Crippen molar-refractivity contribution in [2.75, 3.05) is 6.54 Å². The lowest BCUT2D eigenvalue weighted by molar-refractivity contribution is 0.132. The van der Waals surface area contributed by atoms with E-state index in [1.165, 1.54) is 0 Å². The van der Waals surface area contributed by atoms with E-state index >= 15 is 0 Å². The lowest BCUT2D eigenvalue weighted by Gasteiger charge is -2.13. The fourth-order valence-corrected chi connectivity index (χ4v) is 3.05. The molecule has 2 aromatic carbocycles. The van der Waals surface area contributed by atoms with Crippen LogP contribution in [0.2, 0.25) is 0 Å². The Morgan fingerprint density at radius 2 is 1.60 bits per heavy atom. The van der Waals surface area contributed by atoms with Crippen LogP contribution in [0, 0.1) is 0 Å². The lowest BCUT2D eigenvalue weighted by atomic mass is 10.0. The molecule has 4 nitrogen and oxygen atoms in total. The van der Waals surface area contributed by atoms with Crippen molar-refractivity contribution >= 4 is 6.09 Å². The largest absolute Gasteiger partial charge is 0.439 e. The van der Waals surface area contributed by atoms with Gasteiger partial charge in [-0.15, -0.1) is 0 Å². The highest BCUT2D eigenvalue weighted by molar-refractivity contribution is 5.70. The van der Waals surface area contributed by atoms with Crippen molar-refractivity contribution in [2.24, 2.45) is 0 Å². The third-order valence-corrected chi connectivity index (χ3v) is 4.40. The number of carbonyl (C=O) groups is 1. The Morgan fingerprint density at radius 3 is 2.32 bits per heavy atom. The van der Waals surface area contributed by atoms with Crippen molar-refractivity contribution in [3.8, 4) is 11.1 Å². The van der Waals surface area contributed by atoms with E-state index in [-0.39, 0.29) is 12.2 Å². The molecule has 1 atom stereocenters. The summed E-state index contributed by atoms with van der Waals surface area (Å²) in [5.41, 5.74) is 4.39. The molecule has 0 aliphatic carbocycles. The molecule has 1 aliphatic rings. The van der Waals surface area contributed by atoms with Gasteiger partial charge < -0.3 is 4.74 Å². The van der Waals surface area contributed by atoms with Crippen LogP contribution in [0.5, 0.6) is 0 Å². The van der Waals surface area contributed by atoms with Gasteiger partial charge in [-0.2, -0.15) is 0 Å². The third-order valence-electron chi connectivity index (χ3n) is 4.40. The van der Waals surface area contributed by atoms with E-state index in [9.17, 15) is 4.79 Å². The van der Waals surface area contributed by atoms with Gasteiger partial charge in [0.05, 0.1) is 6.54 Å². The number of ether oxygens (including phenoxy) is 1. The van der Waals surface area contributed by atoms with Crippen molar-refractivity contribution < 1.29 is 9.53 Å². The summed E-state index contributed by atoms with van der Waals surface area (Å²) in [7, 11) is 0. The van der Waals surface area contributed by atoms with E-state index in [0.717, 1.165) is 22.3 Å². The second-order valence-corrected chi connectivity index (χ2v) is 6.10. The first-order valence-corrected chi connectivity index (χ1v) is 8.29. The summed E-state index contributed by atoms with van der Waals surface area (Å²) >= 11 is 0. The topological polar surface area (TPSA) is 42.4 Å². The number of pyridine rings is 1. The van der Waals surface area contributed by atoms with Gasteiger partial charge >= 0.3 is 6.09 Å². The van der Waals surface area contributed by atoms with Crippen molar-refractivity contribution in [1.82, 2.24) is 9.88 Å². The molecule has 25 heavy (non-hydrogen) atoms. The lowest BCUT2D eigenvalue weighted by Crippen LogP contribution is -2.23. The van der Waals surface area contributed by atoms with Crippen LogP contribution >= 0.6 is 0 Å². The predicted molar refractivity (Wildman–Crippen MR) is 95.7 cm³/mol. The summed E-state index contributed by atoms with van der Waals surface area (Å²) in [5, 5.41) is 0. The van der Waals surface area contributed by atoms with Gasteiger partial charge in [-0.1, -0.05) is 54.6 Å². The molecule has 1 fully saturated rings. The van der Waals surface area contributed by atoms with Gasteiger partial charge in [0.1, 0.15) is 6.10 Å². The molecule has 1 unspecified atom stereocenters. The van der Waals surface area contributed by atoms with Gasteiger partial charge in [0, 0.05) is 18.9 Å². The summed E-state index contributed by atoms with van der Waals surface area (Å²) in [6.45, 7) is 1.13. The molecule has 1 saturated heterocycles. The van der Waals surface area contributed by atoms with E-state index in [1.807, 2.05) is 42.5 Å². The zero-order valence-electron chi connectivity index (χ0n) is 13.7. The number of hydrogen-bond donors (Lipinski definition) is 0. The zero-order chi connectivity index (χ0) is 17.1. The molecular weight excluding hydrogens is 312 g/mol. The van der Waals surface area contributed by atoms with Crippen LogP contribution in [0.1, 0.15) is 17.2 Å². The fraction of sp³-hybridized carbons (Fsp3) is 0.143. The number of nitrogens with zero attached hydrogens (tertiary/aromatic N) is 2. The number of cyclic esters (lactones) is 1. The summed E-state index contributed by atoms with van der Waals surface area (Å²) in [4.78, 5) is 17.9. The van der Waals surface area contributed by atoms with Crippen LogP contribution < -0.4 is 0 Å². The monoisotopic (exact) mass is 330 g/mol. The molecule has 124 valence electrons. The molecular formula is C21H18N2O2. The minimum Gasteiger partial charge on any atom is -0.439 e. The Hall–Kier alpha value is -3.14. The van der Waals surface area contributed by atoms with Gasteiger partial charge in [-0.3, -0.25) is 9.88 Å². The Bertz CT molecular complexity index is 848. The predicted octanol–water partition coefficient (Wildman–Crippen LogP) is 4.44. The Kier molecular flexibility index (Phi) is 4.17. The standard InChI is InChI=1S/C21H18N2O2/c24-21-23(15-20(25-21)19-4-2-1-3-5-19)14-16-6-8-17(9-7-16)18-10-12-22-13-11-18/h1-13,20H,14-15H2. The molecule has 0 spiro atoms. The Morgan fingerprint density at radius 1 is 0.920 bits per heavy atom. The van der Waals surface area contributed by atoms with Gasteiger partial charge in [0.25, 0.3) is 0 Å². The van der Waals surface area contributed by atoms with Crippen LogP contribution in [0.25, 0.3) is 11.1 Å². The number of benzene rings is 2. The first-order valence-electron chi connectivity index (χ1n) is 8.29. The van der Waals surface area contributed by atoms with E-state index in [2.05, 4.69) is 29.2 Å². The molecule has 1 aliphatic heterocycles. The first kappa shape index (κ1) is 15.4. The smallest absolute Gasteiger partial charge is 0.410 e. The summed E-state index contributed by atoms with van der Waals surface area (Å²) in [6.07, 6.45) is 3.12. The van der Waals surface area contributed by atoms with E-state index < -0.39 is 0 Å². The van der Waals surface area contributed by atoms with Crippen molar-refractivity contribution in [3.63, 3.8) is 0 Å². The van der Waals surface area contributed by atoms with E-state index in [1.54, 1.807) is 17.3 Å². The summed E-state index contributed by atoms with van der Waals surface area (Å²) < 4.78 is 5.51. The van der Waals surface area contributed by atoms with E-state index in [4.69, 9.17) is 4.74 Å². The molecule has 4 rings (SSSR count). The maximum atomic E-state index is 12.1. The molecule has 2 heterocycles. The molecule has 1 aromatic heterocycles. The maximum absolute atomic E-state index is 12.1. The van der Waals surface area contributed by atoms with Crippen LogP contribution in [0.15, 0.2) is 79.1 Å². The van der Waals surface area contributed by atoms with Crippen molar-refractivity contribution in [3.05, 3.63) is 90.3 Å². The maximum Gasteiger partial charge on any atom is 0.410 e. The molecule has 3 aromatic rings. The van der Waals surface area contributed by atoms with Crippen LogP contribution in [-0.2, 0) is 11.3 Å².